The molecule has 0 saturated carbocycles. The van der Waals surface area contributed by atoms with Crippen molar-refractivity contribution in [3.63, 3.8) is 0 Å². The quantitative estimate of drug-likeness (QED) is 0.700. The molecular formula is C18H22FN7. The van der Waals surface area contributed by atoms with Gasteiger partial charge in [-0.3, -0.25) is 4.90 Å². The van der Waals surface area contributed by atoms with Gasteiger partial charge in [0.1, 0.15) is 30.8 Å². The summed E-state index contributed by atoms with van der Waals surface area (Å²) < 4.78 is 16.9. The third-order valence-electron chi connectivity index (χ3n) is 5.04. The van der Waals surface area contributed by atoms with E-state index in [1.165, 1.54) is 18.5 Å². The van der Waals surface area contributed by atoms with Crippen molar-refractivity contribution in [3.05, 3.63) is 59.9 Å². The Hall–Kier alpha value is -2.61. The molecule has 1 saturated heterocycles. The molecule has 8 heteroatoms. The van der Waals surface area contributed by atoms with Crippen molar-refractivity contribution in [1.29, 1.82) is 0 Å². The molecule has 1 aromatic carbocycles. The summed E-state index contributed by atoms with van der Waals surface area (Å²) in [6.45, 7) is 3.46. The minimum absolute atomic E-state index is 0.184. The maximum atomic E-state index is 13.0. The Bertz CT molecular complexity index is 833. The van der Waals surface area contributed by atoms with Crippen molar-refractivity contribution in [3.8, 4) is 0 Å². The first-order valence-electron chi connectivity index (χ1n) is 8.86. The lowest BCUT2D eigenvalue weighted by Crippen LogP contribution is -2.33. The van der Waals surface area contributed by atoms with Crippen molar-refractivity contribution >= 4 is 0 Å². The van der Waals surface area contributed by atoms with Crippen LogP contribution < -0.4 is 0 Å². The zero-order valence-corrected chi connectivity index (χ0v) is 14.8. The summed E-state index contributed by atoms with van der Waals surface area (Å²) in [7, 11) is 2.02. The largest absolute Gasteiger partial charge is 0.316 e. The van der Waals surface area contributed by atoms with Crippen LogP contribution in [0.2, 0.25) is 0 Å². The summed E-state index contributed by atoms with van der Waals surface area (Å²) in [4.78, 5) is 6.37. The maximum absolute atomic E-state index is 13.0. The second-order valence-corrected chi connectivity index (χ2v) is 6.80. The van der Waals surface area contributed by atoms with Crippen LogP contribution in [-0.4, -0.2) is 47.5 Å². The molecule has 0 unspecified atom stereocenters. The van der Waals surface area contributed by atoms with E-state index in [-0.39, 0.29) is 5.82 Å². The molecule has 26 heavy (non-hydrogen) atoms. The number of hydrogen-bond acceptors (Lipinski definition) is 5. The zero-order valence-electron chi connectivity index (χ0n) is 14.8. The predicted molar refractivity (Wildman–Crippen MR) is 93.8 cm³/mol. The molecular weight excluding hydrogens is 333 g/mol. The molecule has 0 bridgehead atoms. The summed E-state index contributed by atoms with van der Waals surface area (Å²) in [5.74, 6) is 2.17. The molecule has 3 aromatic rings. The number of benzene rings is 1. The van der Waals surface area contributed by atoms with E-state index in [9.17, 15) is 4.39 Å². The molecule has 4 rings (SSSR count). The monoisotopic (exact) mass is 355 g/mol. The fourth-order valence-corrected chi connectivity index (χ4v) is 3.53. The van der Waals surface area contributed by atoms with Gasteiger partial charge in [0.15, 0.2) is 5.82 Å². The first kappa shape index (κ1) is 16.8. The van der Waals surface area contributed by atoms with Crippen molar-refractivity contribution in [2.75, 3.05) is 13.1 Å². The average Bonchev–Trinajstić information content (AvgIpc) is 3.29. The Kier molecular flexibility index (Phi) is 4.75. The third-order valence-corrected chi connectivity index (χ3v) is 5.04. The van der Waals surface area contributed by atoms with E-state index in [1.807, 2.05) is 19.2 Å². The third kappa shape index (κ3) is 3.65. The minimum Gasteiger partial charge on any atom is -0.316 e. The SMILES string of the molecule is Cn1c(Cn2cncn2)nnc1C1CCN(Cc2ccc(F)cc2)CC1. The molecule has 0 spiro atoms. The van der Waals surface area contributed by atoms with E-state index in [4.69, 9.17) is 0 Å². The number of piperidine rings is 1. The number of likely N-dealkylation sites (tertiary alicyclic amines) is 1. The van der Waals surface area contributed by atoms with Crippen LogP contribution in [0.5, 0.6) is 0 Å². The molecule has 136 valence electrons. The smallest absolute Gasteiger partial charge is 0.154 e. The molecule has 1 aliphatic heterocycles. The van der Waals surface area contributed by atoms with Gasteiger partial charge >= 0.3 is 0 Å². The van der Waals surface area contributed by atoms with Gasteiger partial charge in [-0.2, -0.15) is 5.10 Å². The van der Waals surface area contributed by atoms with Crippen LogP contribution in [0.15, 0.2) is 36.9 Å². The molecule has 2 aromatic heterocycles. The standard InChI is InChI=1S/C18H22FN7/c1-24-17(11-26-13-20-12-21-26)22-23-18(24)15-6-8-25(9-7-15)10-14-2-4-16(19)5-3-14/h2-5,12-13,15H,6-11H2,1H3. The molecule has 0 aliphatic carbocycles. The van der Waals surface area contributed by atoms with Crippen LogP contribution in [0, 0.1) is 5.82 Å². The van der Waals surface area contributed by atoms with Gasteiger partial charge in [0.2, 0.25) is 0 Å². The highest BCUT2D eigenvalue weighted by Gasteiger charge is 2.25. The number of nitrogens with zero attached hydrogens (tertiary/aromatic N) is 7. The molecule has 7 nitrogen and oxygen atoms in total. The molecule has 0 amide bonds. The van der Waals surface area contributed by atoms with E-state index in [0.717, 1.165) is 49.7 Å². The molecule has 0 radical (unpaired) electrons. The highest BCUT2D eigenvalue weighted by molar-refractivity contribution is 5.16. The zero-order chi connectivity index (χ0) is 17.9. The van der Waals surface area contributed by atoms with Crippen LogP contribution in [-0.2, 0) is 20.1 Å². The maximum Gasteiger partial charge on any atom is 0.154 e. The molecule has 1 fully saturated rings. The van der Waals surface area contributed by atoms with Gasteiger partial charge in [0.25, 0.3) is 0 Å². The van der Waals surface area contributed by atoms with Crippen molar-refractivity contribution in [2.45, 2.75) is 31.8 Å². The second kappa shape index (κ2) is 7.33. The Balaban J connectivity index is 1.36. The summed E-state index contributed by atoms with van der Waals surface area (Å²) in [5, 5.41) is 12.9. The van der Waals surface area contributed by atoms with Crippen LogP contribution in [0.3, 0.4) is 0 Å². The highest BCUT2D eigenvalue weighted by atomic mass is 19.1. The normalized spacial score (nSPS) is 16.2. The number of halogens is 1. The summed E-state index contributed by atoms with van der Waals surface area (Å²) in [6.07, 6.45) is 5.31. The predicted octanol–water partition coefficient (Wildman–Crippen LogP) is 1.97. The molecule has 0 N–H and O–H groups in total. The van der Waals surface area contributed by atoms with Crippen LogP contribution in [0.25, 0.3) is 0 Å². The van der Waals surface area contributed by atoms with E-state index in [2.05, 4.69) is 29.7 Å². The Morgan fingerprint density at radius 3 is 2.54 bits per heavy atom. The van der Waals surface area contributed by atoms with Crippen molar-refractivity contribution < 1.29 is 4.39 Å². The Labute approximate surface area is 151 Å². The lowest BCUT2D eigenvalue weighted by atomic mass is 9.95. The minimum atomic E-state index is -0.184. The number of rotatable bonds is 5. The Morgan fingerprint density at radius 2 is 1.85 bits per heavy atom. The van der Waals surface area contributed by atoms with Crippen molar-refractivity contribution in [1.82, 2.24) is 34.4 Å². The second-order valence-electron chi connectivity index (χ2n) is 6.80. The number of hydrogen-bond donors (Lipinski definition) is 0. The summed E-state index contributed by atoms with van der Waals surface area (Å²) in [5.41, 5.74) is 1.15. The van der Waals surface area contributed by atoms with E-state index in [1.54, 1.807) is 11.0 Å². The highest BCUT2D eigenvalue weighted by Crippen LogP contribution is 2.27. The van der Waals surface area contributed by atoms with E-state index >= 15 is 0 Å². The van der Waals surface area contributed by atoms with Gasteiger partial charge in [0, 0.05) is 19.5 Å². The summed E-state index contributed by atoms with van der Waals surface area (Å²) >= 11 is 0. The first-order chi connectivity index (χ1) is 12.7. The Morgan fingerprint density at radius 1 is 1.08 bits per heavy atom. The fraction of sp³-hybridized carbons (Fsp3) is 0.444. The van der Waals surface area contributed by atoms with Crippen LogP contribution in [0.4, 0.5) is 4.39 Å². The van der Waals surface area contributed by atoms with Gasteiger partial charge in [-0.15, -0.1) is 10.2 Å². The fourth-order valence-electron chi connectivity index (χ4n) is 3.53. The van der Waals surface area contributed by atoms with Gasteiger partial charge in [-0.05, 0) is 43.6 Å². The lowest BCUT2D eigenvalue weighted by molar-refractivity contribution is 0.200. The lowest BCUT2D eigenvalue weighted by Gasteiger charge is -2.31. The van der Waals surface area contributed by atoms with Gasteiger partial charge < -0.3 is 4.57 Å². The van der Waals surface area contributed by atoms with Gasteiger partial charge in [-0.1, -0.05) is 12.1 Å². The van der Waals surface area contributed by atoms with Crippen LogP contribution >= 0.6 is 0 Å². The molecule has 3 heterocycles. The van der Waals surface area contributed by atoms with Gasteiger partial charge in [-0.25, -0.2) is 14.1 Å². The summed E-state index contributed by atoms with van der Waals surface area (Å²) in [6, 6.07) is 6.78. The van der Waals surface area contributed by atoms with Gasteiger partial charge in [0.05, 0.1) is 0 Å². The van der Waals surface area contributed by atoms with E-state index in [0.29, 0.717) is 12.5 Å². The van der Waals surface area contributed by atoms with E-state index < -0.39 is 0 Å². The molecule has 1 aliphatic rings. The topological polar surface area (TPSA) is 64.7 Å². The molecule has 0 atom stereocenters. The first-order valence-corrected chi connectivity index (χ1v) is 8.86. The van der Waals surface area contributed by atoms with Crippen molar-refractivity contribution in [2.24, 2.45) is 7.05 Å². The van der Waals surface area contributed by atoms with Crippen LogP contribution in [0.1, 0.15) is 36.0 Å². The number of aromatic nitrogens is 6. The average molecular weight is 355 g/mol.